The maximum atomic E-state index is 12.7. The molecule has 2 aliphatic heterocycles. The monoisotopic (exact) mass is 350 g/mol. The van der Waals surface area contributed by atoms with Gasteiger partial charge >= 0.3 is 0 Å². The Balaban J connectivity index is 1.66. The van der Waals surface area contributed by atoms with Gasteiger partial charge in [0, 0.05) is 31.9 Å². The number of ether oxygens (including phenoxy) is 1. The van der Waals surface area contributed by atoms with Crippen LogP contribution in [0.4, 0.5) is 0 Å². The third-order valence-electron chi connectivity index (χ3n) is 5.15. The molecule has 3 heterocycles. The largest absolute Gasteiger partial charge is 0.390 e. The first-order valence-electron chi connectivity index (χ1n) is 8.71. The zero-order valence-corrected chi connectivity index (χ0v) is 15.1. The molecule has 1 aromatic rings. The van der Waals surface area contributed by atoms with E-state index in [-0.39, 0.29) is 24.3 Å². The van der Waals surface area contributed by atoms with Gasteiger partial charge in [-0.3, -0.25) is 19.2 Å². The maximum absolute atomic E-state index is 12.7. The molecule has 8 heteroatoms. The topological polar surface area (TPSA) is 87.9 Å². The normalized spacial score (nSPS) is 24.7. The van der Waals surface area contributed by atoms with Gasteiger partial charge in [-0.15, -0.1) is 0 Å². The number of aryl methyl sites for hydroxylation is 1. The van der Waals surface area contributed by atoms with Crippen LogP contribution < -0.4 is 0 Å². The third-order valence-corrected chi connectivity index (χ3v) is 5.15. The van der Waals surface area contributed by atoms with Gasteiger partial charge < -0.3 is 14.7 Å². The van der Waals surface area contributed by atoms with Crippen molar-refractivity contribution in [3.05, 3.63) is 17.0 Å². The summed E-state index contributed by atoms with van der Waals surface area (Å²) in [4.78, 5) is 28.2. The first-order valence-corrected chi connectivity index (χ1v) is 8.71. The minimum Gasteiger partial charge on any atom is -0.390 e. The summed E-state index contributed by atoms with van der Waals surface area (Å²) in [5, 5.41) is 14.7. The van der Waals surface area contributed by atoms with Crippen molar-refractivity contribution in [1.82, 2.24) is 19.6 Å². The summed E-state index contributed by atoms with van der Waals surface area (Å²) in [6.45, 7) is 8.91. The highest BCUT2D eigenvalue weighted by Crippen LogP contribution is 2.19. The van der Waals surface area contributed by atoms with Crippen molar-refractivity contribution in [2.45, 2.75) is 39.5 Å². The molecule has 1 N–H and O–H groups in total. The summed E-state index contributed by atoms with van der Waals surface area (Å²) >= 11 is 0. The number of nitrogens with zero attached hydrogens (tertiary/aromatic N) is 4. The van der Waals surface area contributed by atoms with E-state index in [1.54, 1.807) is 23.4 Å². The number of β-amino-alcohol motifs (C(OH)–C–C–N with tert-alkyl or cyclic N) is 1. The lowest BCUT2D eigenvalue weighted by Crippen LogP contribution is -2.49. The highest BCUT2D eigenvalue weighted by molar-refractivity contribution is 5.96. The third kappa shape index (κ3) is 3.61. The number of hydrogen-bond donors (Lipinski definition) is 1. The summed E-state index contributed by atoms with van der Waals surface area (Å²) in [6.07, 6.45) is -0.546. The lowest BCUT2D eigenvalue weighted by molar-refractivity contribution is -0.131. The fraction of sp³-hybridized carbons (Fsp3) is 0.706. The molecular formula is C17H26N4O4. The zero-order chi connectivity index (χ0) is 18.1. The van der Waals surface area contributed by atoms with Crippen LogP contribution in [-0.4, -0.2) is 87.9 Å². The molecular weight excluding hydrogens is 324 g/mol. The van der Waals surface area contributed by atoms with Gasteiger partial charge in [0.25, 0.3) is 0 Å². The highest BCUT2D eigenvalue weighted by atomic mass is 16.5. The Hall–Kier alpha value is -1.77. The first kappa shape index (κ1) is 18.0. The number of carbonyl (C=O) groups is 2. The van der Waals surface area contributed by atoms with Crippen molar-refractivity contribution < 1.29 is 19.4 Å². The number of amides is 1. The Morgan fingerprint density at radius 1 is 1.24 bits per heavy atom. The first-order chi connectivity index (χ1) is 11.9. The summed E-state index contributed by atoms with van der Waals surface area (Å²) in [7, 11) is 0. The number of likely N-dealkylation sites (tertiary alicyclic amines) is 1. The van der Waals surface area contributed by atoms with E-state index in [9.17, 15) is 14.7 Å². The summed E-state index contributed by atoms with van der Waals surface area (Å²) in [6, 6.07) is -0.0407. The molecule has 138 valence electrons. The Morgan fingerprint density at radius 3 is 2.52 bits per heavy atom. The molecule has 1 amide bonds. The number of carbonyl (C=O) groups excluding carboxylic acids is 2. The predicted molar refractivity (Wildman–Crippen MR) is 90.5 cm³/mol. The van der Waals surface area contributed by atoms with E-state index in [0.29, 0.717) is 43.3 Å². The van der Waals surface area contributed by atoms with Gasteiger partial charge in [-0.1, -0.05) is 0 Å². The minimum absolute atomic E-state index is 0.0407. The van der Waals surface area contributed by atoms with Crippen molar-refractivity contribution in [3.63, 3.8) is 0 Å². The van der Waals surface area contributed by atoms with Gasteiger partial charge in [-0.05, 0) is 20.8 Å². The Labute approximate surface area is 147 Å². The van der Waals surface area contributed by atoms with Crippen LogP contribution in [-0.2, 0) is 16.1 Å². The molecule has 2 saturated heterocycles. The molecule has 2 fully saturated rings. The molecule has 8 nitrogen and oxygen atoms in total. The molecule has 0 radical (unpaired) electrons. The molecule has 0 aromatic carbocycles. The van der Waals surface area contributed by atoms with E-state index in [4.69, 9.17) is 4.74 Å². The maximum Gasteiger partial charge on any atom is 0.244 e. The molecule has 1 aromatic heterocycles. The van der Waals surface area contributed by atoms with Crippen LogP contribution in [0.1, 0.15) is 28.7 Å². The average Bonchev–Trinajstić information content (AvgIpc) is 3.08. The molecule has 2 atom stereocenters. The quantitative estimate of drug-likeness (QED) is 0.744. The summed E-state index contributed by atoms with van der Waals surface area (Å²) < 4.78 is 6.94. The van der Waals surface area contributed by atoms with Crippen LogP contribution >= 0.6 is 0 Å². The number of hydrogen-bond acceptors (Lipinski definition) is 6. The van der Waals surface area contributed by atoms with Gasteiger partial charge in [0.05, 0.1) is 36.6 Å². The summed E-state index contributed by atoms with van der Waals surface area (Å²) in [5.41, 5.74) is 1.94. The Kier molecular flexibility index (Phi) is 5.21. The standard InChI is InChI=1S/C17H26N4O4/c1-11-17(13(3)22)12(2)21(18-11)10-16(24)20-8-14(15(23)9-20)19-4-6-25-7-5-19/h14-15,23H,4-10H2,1-3H3. The van der Waals surface area contributed by atoms with E-state index < -0.39 is 6.10 Å². The number of aliphatic hydroxyl groups excluding tert-OH is 1. The highest BCUT2D eigenvalue weighted by Gasteiger charge is 2.38. The van der Waals surface area contributed by atoms with Crippen LogP contribution in [0.25, 0.3) is 0 Å². The van der Waals surface area contributed by atoms with E-state index in [1.165, 1.54) is 6.92 Å². The van der Waals surface area contributed by atoms with Gasteiger partial charge in [0.2, 0.25) is 5.91 Å². The van der Waals surface area contributed by atoms with Crippen molar-refractivity contribution in [2.24, 2.45) is 0 Å². The van der Waals surface area contributed by atoms with Crippen molar-refractivity contribution in [2.75, 3.05) is 39.4 Å². The number of rotatable bonds is 4. The minimum atomic E-state index is -0.546. The second-order valence-corrected chi connectivity index (χ2v) is 6.84. The molecule has 25 heavy (non-hydrogen) atoms. The number of Topliss-reactive ketones (excluding diaryl/α,β-unsaturated/α-hetero) is 1. The number of morpholine rings is 1. The molecule has 0 bridgehead atoms. The molecule has 2 unspecified atom stereocenters. The number of aromatic nitrogens is 2. The molecule has 0 spiro atoms. The van der Waals surface area contributed by atoms with E-state index >= 15 is 0 Å². The van der Waals surface area contributed by atoms with Crippen molar-refractivity contribution >= 4 is 11.7 Å². The van der Waals surface area contributed by atoms with E-state index in [0.717, 1.165) is 13.1 Å². The van der Waals surface area contributed by atoms with Gasteiger partial charge in [-0.2, -0.15) is 5.10 Å². The number of aliphatic hydroxyl groups is 1. The lowest BCUT2D eigenvalue weighted by atomic mass is 10.1. The molecule has 0 saturated carbocycles. The van der Waals surface area contributed by atoms with E-state index in [2.05, 4.69) is 10.00 Å². The Bertz CT molecular complexity index is 666. The smallest absolute Gasteiger partial charge is 0.244 e. The van der Waals surface area contributed by atoms with Crippen molar-refractivity contribution in [1.29, 1.82) is 0 Å². The lowest BCUT2D eigenvalue weighted by Gasteiger charge is -2.33. The predicted octanol–water partition coefficient (Wildman–Crippen LogP) is -0.394. The summed E-state index contributed by atoms with van der Waals surface area (Å²) in [5.74, 6) is -0.131. The van der Waals surface area contributed by atoms with Crippen LogP contribution in [0.15, 0.2) is 0 Å². The second-order valence-electron chi connectivity index (χ2n) is 6.84. The van der Waals surface area contributed by atoms with Crippen molar-refractivity contribution in [3.8, 4) is 0 Å². The van der Waals surface area contributed by atoms with Gasteiger partial charge in [0.15, 0.2) is 5.78 Å². The molecule has 0 aliphatic carbocycles. The molecule has 2 aliphatic rings. The van der Waals surface area contributed by atoms with Gasteiger partial charge in [0.1, 0.15) is 6.54 Å². The average molecular weight is 350 g/mol. The van der Waals surface area contributed by atoms with Crippen LogP contribution in [0.2, 0.25) is 0 Å². The fourth-order valence-electron chi connectivity index (χ4n) is 3.83. The van der Waals surface area contributed by atoms with Crippen LogP contribution in [0, 0.1) is 13.8 Å². The van der Waals surface area contributed by atoms with Crippen LogP contribution in [0.3, 0.4) is 0 Å². The Morgan fingerprint density at radius 2 is 1.92 bits per heavy atom. The van der Waals surface area contributed by atoms with Gasteiger partial charge in [-0.25, -0.2) is 0 Å². The zero-order valence-electron chi connectivity index (χ0n) is 15.1. The second kappa shape index (κ2) is 7.23. The fourth-order valence-corrected chi connectivity index (χ4v) is 3.83. The SMILES string of the molecule is CC(=O)c1c(C)nn(CC(=O)N2CC(O)C(N3CCOCC3)C2)c1C. The molecule has 3 rings (SSSR count). The van der Waals surface area contributed by atoms with E-state index in [1.807, 2.05) is 0 Å². The van der Waals surface area contributed by atoms with Crippen LogP contribution in [0.5, 0.6) is 0 Å². The number of ketones is 1.